The van der Waals surface area contributed by atoms with Crippen LogP contribution in [0.25, 0.3) is 10.2 Å². The third-order valence-corrected chi connectivity index (χ3v) is 8.95. The highest BCUT2D eigenvalue weighted by atomic mass is 32.1. The van der Waals surface area contributed by atoms with E-state index < -0.39 is 29.2 Å². The quantitative estimate of drug-likeness (QED) is 0.455. The molecule has 0 spiro atoms. The summed E-state index contributed by atoms with van der Waals surface area (Å²) in [6.07, 6.45) is 1.24. The van der Waals surface area contributed by atoms with Crippen molar-refractivity contribution in [2.24, 2.45) is 0 Å². The van der Waals surface area contributed by atoms with Gasteiger partial charge in [0, 0.05) is 42.2 Å². The summed E-state index contributed by atoms with van der Waals surface area (Å²) in [5, 5.41) is 3.56. The van der Waals surface area contributed by atoms with Crippen LogP contribution in [0.1, 0.15) is 54.5 Å². The van der Waals surface area contributed by atoms with Crippen LogP contribution in [0.5, 0.6) is 5.75 Å². The van der Waals surface area contributed by atoms with Gasteiger partial charge in [-0.15, -0.1) is 11.3 Å². The Morgan fingerprint density at radius 3 is 2.59 bits per heavy atom. The van der Waals surface area contributed by atoms with Crippen LogP contribution in [0.15, 0.2) is 18.2 Å². The number of carbonyl (C=O) groups excluding carboxylic acids is 2. The second-order valence-corrected chi connectivity index (χ2v) is 13.0. The molecular formula is C29H33F2N5O4S. The zero-order chi connectivity index (χ0) is 29.2. The van der Waals surface area contributed by atoms with E-state index in [1.807, 2.05) is 39.8 Å². The number of anilines is 2. The number of benzene rings is 1. The highest BCUT2D eigenvalue weighted by Crippen LogP contribution is 2.40. The van der Waals surface area contributed by atoms with E-state index in [-0.39, 0.29) is 48.2 Å². The van der Waals surface area contributed by atoms with Gasteiger partial charge in [-0.1, -0.05) is 0 Å². The van der Waals surface area contributed by atoms with E-state index in [2.05, 4.69) is 10.3 Å². The highest BCUT2D eigenvalue weighted by Gasteiger charge is 2.45. The normalized spacial score (nSPS) is 22.0. The van der Waals surface area contributed by atoms with Crippen LogP contribution in [0.4, 0.5) is 25.0 Å². The number of hydrogen-bond donors (Lipinski definition) is 2. The Morgan fingerprint density at radius 1 is 1.20 bits per heavy atom. The van der Waals surface area contributed by atoms with Crippen LogP contribution in [-0.2, 0) is 11.2 Å². The molecular weight excluding hydrogens is 552 g/mol. The lowest BCUT2D eigenvalue weighted by molar-refractivity contribution is 0.0122. The second kappa shape index (κ2) is 10.0. The number of ether oxygens (including phenoxy) is 2. The first-order valence-corrected chi connectivity index (χ1v) is 14.6. The Morgan fingerprint density at radius 2 is 1.90 bits per heavy atom. The van der Waals surface area contributed by atoms with Crippen LogP contribution in [0.2, 0.25) is 0 Å². The first-order valence-electron chi connectivity index (χ1n) is 13.8. The maximum atomic E-state index is 15.8. The number of nitrogen functional groups attached to an aromatic ring is 1. The van der Waals surface area contributed by atoms with Gasteiger partial charge < -0.3 is 25.4 Å². The summed E-state index contributed by atoms with van der Waals surface area (Å²) in [7, 11) is 0. The zero-order valence-corrected chi connectivity index (χ0v) is 24.2. The molecule has 3 aromatic rings. The topological polar surface area (TPSA) is 110 Å². The minimum Gasteiger partial charge on any atom is -0.488 e. The van der Waals surface area contributed by atoms with Gasteiger partial charge in [0.05, 0.1) is 29.5 Å². The third-order valence-electron chi connectivity index (χ3n) is 7.83. The SMILES string of the molecule is Cc1ccc2c(N)c(C(=O)NC3COc4c(F)c(N5CC6CCC(C5)N6C(=O)OC(C)(C)C)cc(F)c4C3)sc2n1. The zero-order valence-electron chi connectivity index (χ0n) is 23.4. The molecule has 41 heavy (non-hydrogen) atoms. The fraction of sp³-hybridized carbons (Fsp3) is 0.483. The summed E-state index contributed by atoms with van der Waals surface area (Å²) in [5.74, 6) is -1.77. The van der Waals surface area contributed by atoms with E-state index in [9.17, 15) is 9.59 Å². The molecule has 3 unspecified atom stereocenters. The van der Waals surface area contributed by atoms with Gasteiger partial charge in [-0.25, -0.2) is 18.6 Å². The maximum absolute atomic E-state index is 15.8. The second-order valence-electron chi connectivity index (χ2n) is 12.0. The molecule has 2 aromatic heterocycles. The Hall–Kier alpha value is -3.67. The predicted molar refractivity (Wildman–Crippen MR) is 153 cm³/mol. The van der Waals surface area contributed by atoms with Crippen molar-refractivity contribution in [3.05, 3.63) is 46.0 Å². The van der Waals surface area contributed by atoms with Crippen molar-refractivity contribution in [1.29, 1.82) is 0 Å². The Balaban J connectivity index is 1.17. The van der Waals surface area contributed by atoms with Crippen LogP contribution in [0, 0.1) is 18.6 Å². The van der Waals surface area contributed by atoms with Crippen molar-refractivity contribution in [3.63, 3.8) is 0 Å². The van der Waals surface area contributed by atoms with Crippen molar-refractivity contribution in [1.82, 2.24) is 15.2 Å². The number of aryl methyl sites for hydroxylation is 1. The molecule has 2 amide bonds. The number of pyridine rings is 1. The molecule has 218 valence electrons. The molecule has 6 rings (SSSR count). The number of carbonyl (C=O) groups is 2. The van der Waals surface area contributed by atoms with Crippen LogP contribution < -0.4 is 20.7 Å². The van der Waals surface area contributed by atoms with E-state index in [0.717, 1.165) is 18.5 Å². The van der Waals surface area contributed by atoms with Gasteiger partial charge in [-0.05, 0) is 52.7 Å². The van der Waals surface area contributed by atoms with Gasteiger partial charge in [0.25, 0.3) is 5.91 Å². The standard InChI is InChI=1S/C29H33F2N5O4S/c1-14-5-8-18-23(32)25(41-27(18)33-14)26(37)34-15-9-19-20(30)10-21(22(31)24(19)39-13-15)35-11-16-6-7-17(12-35)36(16)28(38)40-29(2,3)4/h5,8,10,15-17H,6-7,9,11-13,32H2,1-4H3,(H,34,37). The molecule has 2 bridgehead atoms. The minimum absolute atomic E-state index is 0.0155. The Bertz CT molecular complexity index is 1540. The minimum atomic E-state index is -0.633. The number of fused-ring (bicyclic) bond motifs is 4. The van der Waals surface area contributed by atoms with Gasteiger partial charge in [-0.2, -0.15) is 0 Å². The molecule has 5 heterocycles. The fourth-order valence-electron chi connectivity index (χ4n) is 6.00. The summed E-state index contributed by atoms with van der Waals surface area (Å²) < 4.78 is 42.5. The number of piperazine rings is 1. The number of rotatable bonds is 3. The summed E-state index contributed by atoms with van der Waals surface area (Å²) in [6, 6.07) is 3.99. The molecule has 1 aromatic carbocycles. The lowest BCUT2D eigenvalue weighted by Gasteiger charge is -2.42. The van der Waals surface area contributed by atoms with E-state index in [1.165, 1.54) is 17.4 Å². The molecule has 9 nitrogen and oxygen atoms in total. The number of nitrogens with two attached hydrogens (primary N) is 1. The van der Waals surface area contributed by atoms with E-state index >= 15 is 8.78 Å². The molecule has 0 saturated carbocycles. The fourth-order valence-corrected chi connectivity index (χ4v) is 7.04. The number of aromatic nitrogens is 1. The molecule has 2 fully saturated rings. The predicted octanol–water partition coefficient (Wildman–Crippen LogP) is 4.79. The molecule has 3 aliphatic heterocycles. The van der Waals surface area contributed by atoms with Gasteiger partial charge in [0.15, 0.2) is 11.6 Å². The summed E-state index contributed by atoms with van der Waals surface area (Å²) >= 11 is 1.19. The largest absolute Gasteiger partial charge is 0.488 e. The smallest absolute Gasteiger partial charge is 0.410 e. The molecule has 2 saturated heterocycles. The first kappa shape index (κ1) is 27.5. The van der Waals surface area contributed by atoms with Crippen LogP contribution in [0.3, 0.4) is 0 Å². The van der Waals surface area contributed by atoms with E-state index in [0.29, 0.717) is 33.9 Å². The summed E-state index contributed by atoms with van der Waals surface area (Å²) in [4.78, 5) is 34.8. The van der Waals surface area contributed by atoms with Crippen LogP contribution in [-0.4, -0.2) is 65.3 Å². The molecule has 3 N–H and O–H groups in total. The lowest BCUT2D eigenvalue weighted by atomic mass is 10.00. The highest BCUT2D eigenvalue weighted by molar-refractivity contribution is 7.21. The van der Waals surface area contributed by atoms with Gasteiger partial charge in [0.2, 0.25) is 0 Å². The molecule has 0 aliphatic carbocycles. The van der Waals surface area contributed by atoms with Crippen molar-refractivity contribution < 1.29 is 27.8 Å². The van der Waals surface area contributed by atoms with Crippen molar-refractivity contribution >= 4 is 44.9 Å². The number of nitrogens with one attached hydrogen (secondary N) is 1. The molecule has 3 atom stereocenters. The monoisotopic (exact) mass is 585 g/mol. The third kappa shape index (κ3) is 5.02. The molecule has 0 radical (unpaired) electrons. The molecule has 12 heteroatoms. The number of nitrogens with zero attached hydrogens (tertiary/aromatic N) is 3. The van der Waals surface area contributed by atoms with Crippen molar-refractivity contribution in [2.75, 3.05) is 30.3 Å². The van der Waals surface area contributed by atoms with Crippen LogP contribution >= 0.6 is 11.3 Å². The maximum Gasteiger partial charge on any atom is 0.410 e. The lowest BCUT2D eigenvalue weighted by Crippen LogP contribution is -2.57. The van der Waals surface area contributed by atoms with Crippen molar-refractivity contribution in [3.8, 4) is 5.75 Å². The number of hydrogen-bond acceptors (Lipinski definition) is 8. The average molecular weight is 586 g/mol. The Kier molecular flexibility index (Phi) is 6.71. The summed E-state index contributed by atoms with van der Waals surface area (Å²) in [5.41, 5.74) is 6.96. The van der Waals surface area contributed by atoms with Gasteiger partial charge >= 0.3 is 6.09 Å². The number of thiophene rings is 1. The molecule has 3 aliphatic rings. The van der Waals surface area contributed by atoms with Gasteiger partial charge in [0.1, 0.15) is 27.7 Å². The summed E-state index contributed by atoms with van der Waals surface area (Å²) in [6.45, 7) is 8.05. The first-order chi connectivity index (χ1) is 19.4. The number of amides is 2. The van der Waals surface area contributed by atoms with E-state index in [4.69, 9.17) is 15.2 Å². The average Bonchev–Trinajstić information content (AvgIpc) is 3.37. The number of halogens is 2. The van der Waals surface area contributed by atoms with Crippen molar-refractivity contribution in [2.45, 2.75) is 70.7 Å². The van der Waals surface area contributed by atoms with Gasteiger partial charge in [-0.3, -0.25) is 9.69 Å². The van der Waals surface area contributed by atoms with E-state index in [1.54, 1.807) is 9.80 Å². The Labute approximate surface area is 240 Å².